The molecule has 0 bridgehead atoms. The quantitative estimate of drug-likeness (QED) is 0.593. The van der Waals surface area contributed by atoms with Crippen molar-refractivity contribution in [3.8, 4) is 0 Å². The molecule has 0 saturated carbocycles. The Bertz CT molecular complexity index is 381. The van der Waals surface area contributed by atoms with Crippen LogP contribution in [0, 0.1) is 0 Å². The van der Waals surface area contributed by atoms with Gasteiger partial charge in [-0.2, -0.15) is 4.40 Å². The lowest BCUT2D eigenvalue weighted by Crippen LogP contribution is -2.19. The van der Waals surface area contributed by atoms with Gasteiger partial charge in [-0.05, 0) is 32.9 Å². The van der Waals surface area contributed by atoms with Crippen LogP contribution in [-0.2, 0) is 11.0 Å². The first-order chi connectivity index (χ1) is 6.89. The number of hydrogen-bond donors (Lipinski definition) is 0. The van der Waals surface area contributed by atoms with Crippen LogP contribution < -0.4 is 0 Å². The maximum absolute atomic E-state index is 11.6. The molecule has 1 aromatic heterocycles. The number of pyridine rings is 1. The maximum Gasteiger partial charge on any atom is 0.144 e. The van der Waals surface area contributed by atoms with Crippen LogP contribution in [-0.4, -0.2) is 20.2 Å². The molecule has 5 heteroatoms. The van der Waals surface area contributed by atoms with Gasteiger partial charge in [0.15, 0.2) is 0 Å². The van der Waals surface area contributed by atoms with Gasteiger partial charge in [-0.3, -0.25) is 0 Å². The van der Waals surface area contributed by atoms with Crippen molar-refractivity contribution in [1.82, 2.24) is 4.98 Å². The molecule has 0 radical (unpaired) electrons. The first-order valence-corrected chi connectivity index (χ1v) is 5.96. The first-order valence-electron chi connectivity index (χ1n) is 4.47. The number of halogens is 1. The summed E-state index contributed by atoms with van der Waals surface area (Å²) in [6.45, 7) is 5.63. The van der Waals surface area contributed by atoms with E-state index in [1.165, 1.54) is 0 Å². The summed E-state index contributed by atoms with van der Waals surface area (Å²) >= 11 is 5.63. The van der Waals surface area contributed by atoms with Gasteiger partial charge in [-0.1, -0.05) is 11.6 Å². The molecule has 1 atom stereocenters. The number of hydrogen-bond acceptors (Lipinski definition) is 2. The Morgan fingerprint density at radius 1 is 1.47 bits per heavy atom. The molecule has 1 heterocycles. The van der Waals surface area contributed by atoms with Crippen molar-refractivity contribution in [3.63, 3.8) is 0 Å². The first kappa shape index (κ1) is 12.3. The second-order valence-corrected chi connectivity index (χ2v) is 6.33. The molecule has 0 amide bonds. The van der Waals surface area contributed by atoms with Crippen molar-refractivity contribution in [2.45, 2.75) is 25.5 Å². The summed E-state index contributed by atoms with van der Waals surface area (Å²) in [4.78, 5) is 3.89. The zero-order chi connectivity index (χ0) is 11.5. The van der Waals surface area contributed by atoms with E-state index in [2.05, 4.69) is 9.38 Å². The lowest BCUT2D eigenvalue weighted by Gasteiger charge is -2.12. The molecule has 0 aromatic carbocycles. The second-order valence-electron chi connectivity index (χ2n) is 4.01. The van der Waals surface area contributed by atoms with Gasteiger partial charge in [-0.15, -0.1) is 0 Å². The summed E-state index contributed by atoms with van der Waals surface area (Å²) < 4.78 is 15.2. The Morgan fingerprint density at radius 3 is 2.60 bits per heavy atom. The molecule has 0 aliphatic rings. The van der Waals surface area contributed by atoms with Crippen LogP contribution in [0.15, 0.2) is 22.7 Å². The molecule has 1 aromatic rings. The highest BCUT2D eigenvalue weighted by molar-refractivity contribution is 7.85. The van der Waals surface area contributed by atoms with E-state index in [-0.39, 0.29) is 4.75 Å². The summed E-state index contributed by atoms with van der Waals surface area (Å²) in [6, 6.07) is 3.45. The van der Waals surface area contributed by atoms with Crippen molar-refractivity contribution >= 4 is 28.8 Å². The van der Waals surface area contributed by atoms with Crippen molar-refractivity contribution in [2.24, 2.45) is 4.40 Å². The van der Waals surface area contributed by atoms with Crippen LogP contribution in [0.4, 0.5) is 0 Å². The summed E-state index contributed by atoms with van der Waals surface area (Å²) in [6.07, 6.45) is 3.14. The highest BCUT2D eigenvalue weighted by atomic mass is 35.5. The summed E-state index contributed by atoms with van der Waals surface area (Å²) in [5.41, 5.74) is 0.789. The molecular weight excluding hydrogens is 232 g/mol. The van der Waals surface area contributed by atoms with Gasteiger partial charge >= 0.3 is 0 Å². The van der Waals surface area contributed by atoms with E-state index < -0.39 is 11.0 Å². The van der Waals surface area contributed by atoms with Crippen molar-refractivity contribution in [1.29, 1.82) is 0 Å². The van der Waals surface area contributed by atoms with E-state index in [0.717, 1.165) is 5.56 Å². The van der Waals surface area contributed by atoms with Crippen LogP contribution >= 0.6 is 11.6 Å². The average molecular weight is 245 g/mol. The van der Waals surface area contributed by atoms with Crippen molar-refractivity contribution < 1.29 is 4.21 Å². The molecule has 0 aliphatic carbocycles. The highest BCUT2D eigenvalue weighted by Gasteiger charge is 2.17. The van der Waals surface area contributed by atoms with Gasteiger partial charge in [0, 0.05) is 18.0 Å². The monoisotopic (exact) mass is 244 g/mol. The molecule has 15 heavy (non-hydrogen) atoms. The molecular formula is C10H13ClN2OS. The number of aromatic nitrogens is 1. The fraction of sp³-hybridized carbons (Fsp3) is 0.400. The fourth-order valence-electron chi connectivity index (χ4n) is 0.730. The van der Waals surface area contributed by atoms with E-state index >= 15 is 0 Å². The van der Waals surface area contributed by atoms with Gasteiger partial charge in [-0.25, -0.2) is 9.19 Å². The smallest absolute Gasteiger partial charge is 0.144 e. The van der Waals surface area contributed by atoms with Crippen molar-refractivity contribution in [3.05, 3.63) is 29.0 Å². The molecule has 0 saturated heterocycles. The standard InChI is InChI=1S/C10H13ClN2OS/c1-10(2,3)15(14)13-7-8-4-5-9(11)12-6-8/h4-7H,1-3H3/b13-7+/t15-/m1/s1. The number of rotatable bonds is 2. The van der Waals surface area contributed by atoms with Gasteiger partial charge in [0.25, 0.3) is 0 Å². The Balaban J connectivity index is 2.74. The lowest BCUT2D eigenvalue weighted by atomic mass is 10.3. The van der Waals surface area contributed by atoms with E-state index in [1.807, 2.05) is 20.8 Å². The minimum atomic E-state index is -1.23. The van der Waals surface area contributed by atoms with Crippen LogP contribution in [0.1, 0.15) is 26.3 Å². The van der Waals surface area contributed by atoms with Crippen LogP contribution in [0.2, 0.25) is 5.15 Å². The predicted octanol–water partition coefficient (Wildman–Crippen LogP) is 2.62. The molecule has 0 N–H and O–H groups in total. The van der Waals surface area contributed by atoms with E-state index in [1.54, 1.807) is 24.5 Å². The van der Waals surface area contributed by atoms with Gasteiger partial charge in [0.2, 0.25) is 0 Å². The van der Waals surface area contributed by atoms with Gasteiger partial charge in [0.05, 0.1) is 4.75 Å². The lowest BCUT2D eigenvalue weighted by molar-refractivity contribution is 0.651. The molecule has 0 fully saturated rings. The Kier molecular flexibility index (Phi) is 3.99. The third-order valence-electron chi connectivity index (χ3n) is 1.57. The molecule has 0 spiro atoms. The second kappa shape index (κ2) is 4.86. The van der Waals surface area contributed by atoms with E-state index in [0.29, 0.717) is 5.15 Å². The average Bonchev–Trinajstić information content (AvgIpc) is 2.15. The predicted molar refractivity (Wildman–Crippen MR) is 64.7 cm³/mol. The largest absolute Gasteiger partial charge is 0.244 e. The van der Waals surface area contributed by atoms with E-state index in [4.69, 9.17) is 11.6 Å². The normalized spacial score (nSPS) is 14.4. The third kappa shape index (κ3) is 4.10. The topological polar surface area (TPSA) is 42.3 Å². The molecule has 1 rings (SSSR count). The number of nitrogens with zero attached hydrogens (tertiary/aromatic N) is 2. The van der Waals surface area contributed by atoms with Crippen LogP contribution in [0.5, 0.6) is 0 Å². The summed E-state index contributed by atoms with van der Waals surface area (Å²) in [7, 11) is -1.23. The van der Waals surface area contributed by atoms with Gasteiger partial charge in [0.1, 0.15) is 16.1 Å². The zero-order valence-electron chi connectivity index (χ0n) is 8.90. The van der Waals surface area contributed by atoms with Crippen molar-refractivity contribution in [2.75, 3.05) is 0 Å². The molecule has 82 valence electrons. The third-order valence-corrected chi connectivity index (χ3v) is 3.14. The zero-order valence-corrected chi connectivity index (χ0v) is 10.5. The van der Waals surface area contributed by atoms with E-state index in [9.17, 15) is 4.21 Å². The van der Waals surface area contributed by atoms with Gasteiger partial charge < -0.3 is 0 Å². The summed E-state index contributed by atoms with van der Waals surface area (Å²) in [5.74, 6) is 0. The maximum atomic E-state index is 11.6. The summed E-state index contributed by atoms with van der Waals surface area (Å²) in [5, 5.41) is 0.434. The minimum Gasteiger partial charge on any atom is -0.244 e. The fourth-order valence-corrected chi connectivity index (χ4v) is 1.38. The SMILES string of the molecule is CC(C)(C)[S@@](=O)/N=C/c1ccc(Cl)nc1. The Hall–Kier alpha value is -0.740. The molecule has 3 nitrogen and oxygen atoms in total. The highest BCUT2D eigenvalue weighted by Crippen LogP contribution is 2.12. The Morgan fingerprint density at radius 2 is 2.13 bits per heavy atom. The Labute approximate surface area is 97.2 Å². The molecule has 0 unspecified atom stereocenters. The minimum absolute atomic E-state index is 0.337. The molecule has 0 aliphatic heterocycles. The van der Waals surface area contributed by atoms with Crippen LogP contribution in [0.25, 0.3) is 0 Å². The van der Waals surface area contributed by atoms with Crippen LogP contribution in [0.3, 0.4) is 0 Å².